The normalized spacial score (nSPS) is 19.1. The van der Waals surface area contributed by atoms with Crippen LogP contribution in [0.3, 0.4) is 0 Å². The van der Waals surface area contributed by atoms with Gasteiger partial charge in [-0.3, -0.25) is 0 Å². The fourth-order valence-electron chi connectivity index (χ4n) is 2.49. The van der Waals surface area contributed by atoms with Crippen LogP contribution in [0.25, 0.3) is 0 Å². The first-order chi connectivity index (χ1) is 9.38. The molecule has 1 fully saturated rings. The molecule has 20 heavy (non-hydrogen) atoms. The Hall–Kier alpha value is -1.14. The molecule has 1 aliphatic rings. The Morgan fingerprint density at radius 1 is 1.25 bits per heavy atom. The second-order valence-electron chi connectivity index (χ2n) is 5.04. The van der Waals surface area contributed by atoms with Crippen LogP contribution in [-0.2, 0) is 10.9 Å². The molecule has 1 aromatic rings. The van der Waals surface area contributed by atoms with Crippen molar-refractivity contribution in [1.29, 1.82) is 0 Å². The SMILES string of the molecule is OC(CC1CCOCC1)c1cc(F)ccc1C(F)(F)F. The van der Waals surface area contributed by atoms with Crippen LogP contribution in [0.4, 0.5) is 17.6 Å². The predicted octanol–water partition coefficient (Wildman–Crippen LogP) is 3.69. The van der Waals surface area contributed by atoms with E-state index in [0.29, 0.717) is 32.1 Å². The van der Waals surface area contributed by atoms with Crippen LogP contribution >= 0.6 is 0 Å². The van der Waals surface area contributed by atoms with Crippen molar-refractivity contribution in [2.45, 2.75) is 31.5 Å². The summed E-state index contributed by atoms with van der Waals surface area (Å²) in [5.74, 6) is -0.679. The van der Waals surface area contributed by atoms with E-state index in [1.807, 2.05) is 0 Å². The van der Waals surface area contributed by atoms with E-state index in [1.165, 1.54) is 0 Å². The smallest absolute Gasteiger partial charge is 0.388 e. The van der Waals surface area contributed by atoms with Gasteiger partial charge < -0.3 is 9.84 Å². The molecule has 1 N–H and O–H groups in total. The number of hydrogen-bond donors (Lipinski definition) is 1. The van der Waals surface area contributed by atoms with E-state index in [0.717, 1.165) is 12.1 Å². The average Bonchev–Trinajstić information content (AvgIpc) is 2.38. The summed E-state index contributed by atoms with van der Waals surface area (Å²) in [4.78, 5) is 0. The second kappa shape index (κ2) is 6.10. The summed E-state index contributed by atoms with van der Waals surface area (Å²) in [5, 5.41) is 10.0. The lowest BCUT2D eigenvalue weighted by Gasteiger charge is -2.25. The van der Waals surface area contributed by atoms with Gasteiger partial charge in [-0.15, -0.1) is 0 Å². The first-order valence-corrected chi connectivity index (χ1v) is 6.50. The van der Waals surface area contributed by atoms with Crippen LogP contribution in [0, 0.1) is 11.7 Å². The van der Waals surface area contributed by atoms with E-state index in [1.54, 1.807) is 0 Å². The van der Waals surface area contributed by atoms with Crippen molar-refractivity contribution in [3.8, 4) is 0 Å². The van der Waals surface area contributed by atoms with Crippen molar-refractivity contribution in [1.82, 2.24) is 0 Å². The Balaban J connectivity index is 2.19. The molecular weight excluding hydrogens is 276 g/mol. The highest BCUT2D eigenvalue weighted by molar-refractivity contribution is 5.32. The molecule has 0 bridgehead atoms. The number of halogens is 4. The first-order valence-electron chi connectivity index (χ1n) is 6.50. The molecule has 1 atom stereocenters. The van der Waals surface area contributed by atoms with Gasteiger partial charge in [0.05, 0.1) is 11.7 Å². The van der Waals surface area contributed by atoms with Gasteiger partial charge in [0.25, 0.3) is 0 Å². The number of rotatable bonds is 3. The highest BCUT2D eigenvalue weighted by Gasteiger charge is 2.35. The Kier molecular flexibility index (Phi) is 4.65. The molecule has 0 radical (unpaired) electrons. The summed E-state index contributed by atoms with van der Waals surface area (Å²) in [6, 6.07) is 2.21. The molecule has 0 aromatic heterocycles. The first kappa shape index (κ1) is 15.3. The molecule has 0 saturated carbocycles. The van der Waals surface area contributed by atoms with E-state index < -0.39 is 23.7 Å². The van der Waals surface area contributed by atoms with Crippen LogP contribution in [0.5, 0.6) is 0 Å². The zero-order valence-corrected chi connectivity index (χ0v) is 10.8. The van der Waals surface area contributed by atoms with Crippen molar-refractivity contribution in [3.63, 3.8) is 0 Å². The number of aliphatic hydroxyl groups is 1. The Labute approximate surface area is 114 Å². The summed E-state index contributed by atoms with van der Waals surface area (Å²) in [6.07, 6.45) is -4.32. The zero-order chi connectivity index (χ0) is 14.8. The minimum Gasteiger partial charge on any atom is -0.388 e. The van der Waals surface area contributed by atoms with Crippen LogP contribution in [0.1, 0.15) is 36.5 Å². The Morgan fingerprint density at radius 2 is 1.90 bits per heavy atom. The van der Waals surface area contributed by atoms with E-state index in [9.17, 15) is 22.7 Å². The summed E-state index contributed by atoms with van der Waals surface area (Å²) in [7, 11) is 0. The standard InChI is InChI=1S/C14H16F4O2/c15-10-1-2-12(14(16,17)18)11(8-10)13(19)7-9-3-5-20-6-4-9/h1-2,8-9,13,19H,3-7H2. The summed E-state index contributed by atoms with van der Waals surface area (Å²) in [5.41, 5.74) is -1.36. The third-order valence-electron chi connectivity index (χ3n) is 3.58. The molecule has 0 amide bonds. The van der Waals surface area contributed by atoms with Crippen LogP contribution in [0.15, 0.2) is 18.2 Å². The van der Waals surface area contributed by atoms with Crippen molar-refractivity contribution in [2.24, 2.45) is 5.92 Å². The molecule has 1 aromatic carbocycles. The van der Waals surface area contributed by atoms with Gasteiger partial charge in [0.1, 0.15) is 5.82 Å². The van der Waals surface area contributed by atoms with Gasteiger partial charge in [-0.2, -0.15) is 13.2 Å². The molecule has 2 nitrogen and oxygen atoms in total. The number of alkyl halides is 3. The highest BCUT2D eigenvalue weighted by atomic mass is 19.4. The van der Waals surface area contributed by atoms with Crippen LogP contribution < -0.4 is 0 Å². The van der Waals surface area contributed by atoms with Gasteiger partial charge in [0.2, 0.25) is 0 Å². The van der Waals surface area contributed by atoms with Gasteiger partial charge in [0.15, 0.2) is 0 Å². The van der Waals surface area contributed by atoms with Crippen molar-refractivity contribution in [3.05, 3.63) is 35.1 Å². The molecule has 0 spiro atoms. The third kappa shape index (κ3) is 3.70. The summed E-state index contributed by atoms with van der Waals surface area (Å²) < 4.78 is 56.9. The van der Waals surface area contributed by atoms with Gasteiger partial charge >= 0.3 is 6.18 Å². The van der Waals surface area contributed by atoms with E-state index in [4.69, 9.17) is 4.74 Å². The maximum absolute atomic E-state index is 13.2. The van der Waals surface area contributed by atoms with Crippen molar-refractivity contribution < 1.29 is 27.4 Å². The van der Waals surface area contributed by atoms with Gasteiger partial charge in [0, 0.05) is 13.2 Å². The topological polar surface area (TPSA) is 29.5 Å². The fourth-order valence-corrected chi connectivity index (χ4v) is 2.49. The fraction of sp³-hybridized carbons (Fsp3) is 0.571. The van der Waals surface area contributed by atoms with E-state index >= 15 is 0 Å². The third-order valence-corrected chi connectivity index (χ3v) is 3.58. The molecule has 112 valence electrons. The maximum Gasteiger partial charge on any atom is 0.416 e. The number of hydrogen-bond acceptors (Lipinski definition) is 2. The van der Waals surface area contributed by atoms with Gasteiger partial charge in [-0.25, -0.2) is 4.39 Å². The number of ether oxygens (including phenoxy) is 1. The van der Waals surface area contributed by atoms with E-state index in [2.05, 4.69) is 0 Å². The monoisotopic (exact) mass is 292 g/mol. The van der Waals surface area contributed by atoms with Gasteiger partial charge in [-0.1, -0.05) is 0 Å². The summed E-state index contributed by atoms with van der Waals surface area (Å²) >= 11 is 0. The van der Waals surface area contributed by atoms with Crippen LogP contribution in [-0.4, -0.2) is 18.3 Å². The lowest BCUT2D eigenvalue weighted by atomic mass is 9.89. The molecule has 0 aliphatic carbocycles. The average molecular weight is 292 g/mol. The molecule has 2 rings (SSSR count). The molecule has 6 heteroatoms. The van der Waals surface area contributed by atoms with E-state index in [-0.39, 0.29) is 17.9 Å². The predicted molar refractivity (Wildman–Crippen MR) is 64.5 cm³/mol. The molecular formula is C14H16F4O2. The highest BCUT2D eigenvalue weighted by Crippen LogP contribution is 2.37. The zero-order valence-electron chi connectivity index (χ0n) is 10.8. The number of aliphatic hydroxyl groups excluding tert-OH is 1. The minimum absolute atomic E-state index is 0.100. The van der Waals surface area contributed by atoms with Gasteiger partial charge in [-0.05, 0) is 48.9 Å². The second-order valence-corrected chi connectivity index (χ2v) is 5.04. The summed E-state index contributed by atoms with van der Waals surface area (Å²) in [6.45, 7) is 1.10. The minimum atomic E-state index is -4.60. The Bertz CT molecular complexity index is 453. The molecule has 1 saturated heterocycles. The lowest BCUT2D eigenvalue weighted by molar-refractivity contribution is -0.139. The molecule has 1 aliphatic heterocycles. The quantitative estimate of drug-likeness (QED) is 0.861. The van der Waals surface area contributed by atoms with Crippen LogP contribution in [0.2, 0.25) is 0 Å². The van der Waals surface area contributed by atoms with Crippen molar-refractivity contribution in [2.75, 3.05) is 13.2 Å². The molecule has 1 unspecified atom stereocenters. The number of benzene rings is 1. The lowest BCUT2D eigenvalue weighted by Crippen LogP contribution is -2.19. The Morgan fingerprint density at radius 3 is 2.50 bits per heavy atom. The largest absolute Gasteiger partial charge is 0.416 e. The van der Waals surface area contributed by atoms with Crippen molar-refractivity contribution >= 4 is 0 Å². The maximum atomic E-state index is 13.2. The molecule has 1 heterocycles.